The summed E-state index contributed by atoms with van der Waals surface area (Å²) in [5.41, 5.74) is 9.99. The van der Waals surface area contributed by atoms with E-state index >= 15 is 0 Å². The van der Waals surface area contributed by atoms with Gasteiger partial charge in [-0.1, -0.05) is 6.07 Å². The van der Waals surface area contributed by atoms with Crippen molar-refractivity contribution in [3.63, 3.8) is 0 Å². The molecule has 4 bridgehead atoms. The molecule has 7 nitrogen and oxygen atoms in total. The molecule has 0 aliphatic carbocycles. The van der Waals surface area contributed by atoms with Crippen LogP contribution in [0.25, 0.3) is 11.3 Å². The molecule has 0 saturated carbocycles. The Bertz CT molecular complexity index is 916. The lowest BCUT2D eigenvalue weighted by atomic mass is 9.97. The Morgan fingerprint density at radius 1 is 1.11 bits per heavy atom. The number of rotatable bonds is 0. The molecular formula is C20H25N5O2S. The predicted molar refractivity (Wildman–Crippen MR) is 111 cm³/mol. The van der Waals surface area contributed by atoms with Gasteiger partial charge in [0, 0.05) is 43.4 Å². The van der Waals surface area contributed by atoms with Gasteiger partial charge in [-0.05, 0) is 43.5 Å². The number of nitrogens with one attached hydrogen (secondary N) is 1. The summed E-state index contributed by atoms with van der Waals surface area (Å²) in [5, 5.41) is 3.67. The molecule has 0 fully saturated rings. The van der Waals surface area contributed by atoms with E-state index in [4.69, 9.17) is 5.73 Å². The van der Waals surface area contributed by atoms with Crippen molar-refractivity contribution < 1.29 is 9.59 Å². The molecule has 1 aromatic carbocycles. The monoisotopic (exact) mass is 399 g/mol. The van der Waals surface area contributed by atoms with Crippen molar-refractivity contribution in [2.45, 2.75) is 31.7 Å². The van der Waals surface area contributed by atoms with Crippen LogP contribution in [0.3, 0.4) is 0 Å². The molecule has 2 amide bonds. The number of aromatic nitrogens is 2. The number of carbonyl (C=O) groups excluding carboxylic acids is 2. The van der Waals surface area contributed by atoms with Gasteiger partial charge in [0.15, 0.2) is 0 Å². The van der Waals surface area contributed by atoms with Crippen molar-refractivity contribution in [3.05, 3.63) is 34.9 Å². The third kappa shape index (κ3) is 4.62. The fourth-order valence-electron chi connectivity index (χ4n) is 3.20. The second kappa shape index (κ2) is 8.60. The fourth-order valence-corrected chi connectivity index (χ4v) is 4.04. The van der Waals surface area contributed by atoms with Gasteiger partial charge < -0.3 is 16.0 Å². The second-order valence-electron chi connectivity index (χ2n) is 6.95. The molecule has 0 atom stereocenters. The van der Waals surface area contributed by atoms with Crippen LogP contribution in [0.5, 0.6) is 0 Å². The average Bonchev–Trinajstić information content (AvgIpc) is 2.63. The number of carbonyl (C=O) groups is 2. The van der Waals surface area contributed by atoms with Crippen molar-refractivity contribution in [2.24, 2.45) is 0 Å². The Hall–Kier alpha value is -2.61. The second-order valence-corrected chi connectivity index (χ2v) is 8.07. The third-order valence-electron chi connectivity index (χ3n) is 4.76. The molecule has 0 saturated heterocycles. The van der Waals surface area contributed by atoms with Crippen LogP contribution in [0.2, 0.25) is 0 Å². The highest BCUT2D eigenvalue weighted by Crippen LogP contribution is 2.29. The van der Waals surface area contributed by atoms with Crippen molar-refractivity contribution in [3.8, 4) is 11.3 Å². The fraction of sp³-hybridized carbons (Fsp3) is 0.400. The third-order valence-corrected chi connectivity index (χ3v) is 5.67. The SMILES string of the molecule is Cc1cc(C)c2cc1C(=O)NCCCN(C)C(=O)CCSc1cc-2nc(N)n1. The van der Waals surface area contributed by atoms with Gasteiger partial charge in [-0.25, -0.2) is 9.97 Å². The standard InChI is InChI=1S/C20H25N5O2S/c1-12-9-13(2)15-10-14(12)16-11-17(24-20(21)23-16)28-8-5-18(26)25(3)7-4-6-22-19(15)27/h9-11H,4-8H2,1-3H3,(H,22,27)(H2,21,23,24). The minimum atomic E-state index is -0.128. The lowest BCUT2D eigenvalue weighted by molar-refractivity contribution is -0.129. The van der Waals surface area contributed by atoms with Gasteiger partial charge >= 0.3 is 0 Å². The van der Waals surface area contributed by atoms with Crippen molar-refractivity contribution >= 4 is 29.5 Å². The van der Waals surface area contributed by atoms with Crippen LogP contribution >= 0.6 is 11.8 Å². The Kier molecular flexibility index (Phi) is 6.18. The number of hydrogen-bond acceptors (Lipinski definition) is 6. The Labute approximate surface area is 169 Å². The summed E-state index contributed by atoms with van der Waals surface area (Å²) >= 11 is 1.48. The summed E-state index contributed by atoms with van der Waals surface area (Å²) in [7, 11) is 1.79. The van der Waals surface area contributed by atoms with E-state index in [0.717, 1.165) is 21.7 Å². The van der Waals surface area contributed by atoms with Crippen LogP contribution in [0.4, 0.5) is 5.95 Å². The van der Waals surface area contributed by atoms with Crippen LogP contribution in [0.1, 0.15) is 34.3 Å². The molecule has 0 radical (unpaired) electrons. The van der Waals surface area contributed by atoms with E-state index in [0.29, 0.717) is 42.9 Å². The molecule has 28 heavy (non-hydrogen) atoms. The van der Waals surface area contributed by atoms with E-state index in [1.54, 1.807) is 11.9 Å². The molecule has 0 spiro atoms. The molecular weight excluding hydrogens is 374 g/mol. The highest BCUT2D eigenvalue weighted by atomic mass is 32.2. The largest absolute Gasteiger partial charge is 0.368 e. The number of anilines is 1. The maximum absolute atomic E-state index is 12.7. The lowest BCUT2D eigenvalue weighted by Gasteiger charge is -2.18. The normalized spacial score (nSPS) is 16.0. The number of nitrogens with two attached hydrogens (primary N) is 1. The van der Waals surface area contributed by atoms with Crippen LogP contribution in [-0.2, 0) is 4.79 Å². The first-order valence-corrected chi connectivity index (χ1v) is 10.2. The highest BCUT2D eigenvalue weighted by molar-refractivity contribution is 7.99. The zero-order valence-electron chi connectivity index (χ0n) is 16.4. The number of nitrogen functional groups attached to an aromatic ring is 1. The van der Waals surface area contributed by atoms with Gasteiger partial charge in [-0.2, -0.15) is 0 Å². The van der Waals surface area contributed by atoms with Gasteiger partial charge in [0.05, 0.1) is 5.69 Å². The lowest BCUT2D eigenvalue weighted by Crippen LogP contribution is -2.32. The minimum absolute atomic E-state index is 0.0741. The molecule has 3 N–H and O–H groups in total. The number of fused-ring (bicyclic) bond motifs is 5. The zero-order valence-corrected chi connectivity index (χ0v) is 17.2. The maximum Gasteiger partial charge on any atom is 0.251 e. The van der Waals surface area contributed by atoms with Gasteiger partial charge in [0.1, 0.15) is 5.03 Å². The molecule has 3 rings (SSSR count). The summed E-state index contributed by atoms with van der Waals surface area (Å²) in [4.78, 5) is 35.3. The van der Waals surface area contributed by atoms with E-state index in [9.17, 15) is 9.59 Å². The van der Waals surface area contributed by atoms with Gasteiger partial charge in [0.2, 0.25) is 11.9 Å². The molecule has 1 aromatic heterocycles. The number of benzene rings is 1. The number of thioether (sulfide) groups is 1. The summed E-state index contributed by atoms with van der Waals surface area (Å²) in [5.74, 6) is 0.741. The van der Waals surface area contributed by atoms with E-state index in [-0.39, 0.29) is 17.8 Å². The number of nitrogens with zero attached hydrogens (tertiary/aromatic N) is 3. The number of aryl methyl sites for hydroxylation is 2. The van der Waals surface area contributed by atoms with E-state index in [1.807, 2.05) is 32.0 Å². The molecule has 2 heterocycles. The summed E-state index contributed by atoms with van der Waals surface area (Å²) < 4.78 is 0. The number of amides is 2. The molecule has 2 aromatic rings. The molecule has 0 unspecified atom stereocenters. The number of hydrogen-bond donors (Lipinski definition) is 2. The summed E-state index contributed by atoms with van der Waals surface area (Å²) in [6.45, 7) is 5.03. The van der Waals surface area contributed by atoms with Crippen molar-refractivity contribution in [2.75, 3.05) is 31.6 Å². The first kappa shape index (κ1) is 20.1. The first-order chi connectivity index (χ1) is 13.3. The van der Waals surface area contributed by atoms with E-state index in [2.05, 4.69) is 15.3 Å². The summed E-state index contributed by atoms with van der Waals surface area (Å²) in [6.07, 6.45) is 1.12. The van der Waals surface area contributed by atoms with E-state index < -0.39 is 0 Å². The van der Waals surface area contributed by atoms with Crippen LogP contribution < -0.4 is 11.1 Å². The van der Waals surface area contributed by atoms with Crippen LogP contribution in [-0.4, -0.2) is 52.6 Å². The maximum atomic E-state index is 12.7. The Morgan fingerprint density at radius 2 is 1.86 bits per heavy atom. The molecule has 1 aliphatic heterocycles. The summed E-state index contributed by atoms with van der Waals surface area (Å²) in [6, 6.07) is 5.73. The minimum Gasteiger partial charge on any atom is -0.368 e. The topological polar surface area (TPSA) is 101 Å². The quantitative estimate of drug-likeness (QED) is 0.660. The van der Waals surface area contributed by atoms with E-state index in [1.165, 1.54) is 11.8 Å². The van der Waals surface area contributed by atoms with Crippen LogP contribution in [0.15, 0.2) is 23.2 Å². The highest BCUT2D eigenvalue weighted by Gasteiger charge is 2.16. The molecule has 8 heteroatoms. The molecule has 148 valence electrons. The average molecular weight is 400 g/mol. The molecule has 1 aliphatic rings. The first-order valence-electron chi connectivity index (χ1n) is 9.26. The van der Waals surface area contributed by atoms with Crippen molar-refractivity contribution in [1.82, 2.24) is 20.2 Å². The Balaban J connectivity index is 2.03. The zero-order chi connectivity index (χ0) is 20.3. The predicted octanol–water partition coefficient (Wildman–Crippen LogP) is 2.42. The van der Waals surface area contributed by atoms with Gasteiger partial charge in [0.25, 0.3) is 5.91 Å². The van der Waals surface area contributed by atoms with Crippen molar-refractivity contribution in [1.29, 1.82) is 0 Å². The Morgan fingerprint density at radius 3 is 2.64 bits per heavy atom. The van der Waals surface area contributed by atoms with Gasteiger partial charge in [-0.15, -0.1) is 11.8 Å². The smallest absolute Gasteiger partial charge is 0.251 e. The van der Waals surface area contributed by atoms with Crippen LogP contribution in [0, 0.1) is 13.8 Å². The van der Waals surface area contributed by atoms with Gasteiger partial charge in [-0.3, -0.25) is 9.59 Å².